The molecule has 0 bridgehead atoms. The van der Waals surface area contributed by atoms with Crippen LogP contribution in [0.3, 0.4) is 0 Å². The molecule has 1 aromatic heterocycles. The second-order valence-electron chi connectivity index (χ2n) is 16.9. The first kappa shape index (κ1) is 48.5. The van der Waals surface area contributed by atoms with Crippen LogP contribution in [-0.4, -0.2) is 111 Å². The van der Waals surface area contributed by atoms with Crippen molar-refractivity contribution in [3.05, 3.63) is 148 Å². The van der Waals surface area contributed by atoms with Gasteiger partial charge in [0, 0.05) is 72.1 Å². The predicted octanol–water partition coefficient (Wildman–Crippen LogP) is 5.13. The van der Waals surface area contributed by atoms with Gasteiger partial charge in [-0.3, -0.25) is 44.8 Å². The highest BCUT2D eigenvalue weighted by Crippen LogP contribution is 2.52. The lowest BCUT2D eigenvalue weighted by Gasteiger charge is -2.46. The van der Waals surface area contributed by atoms with Gasteiger partial charge in [0.2, 0.25) is 11.8 Å². The number of carbonyl (C=O) groups excluding carboxylic acids is 5. The molecule has 25 heteroatoms. The van der Waals surface area contributed by atoms with E-state index in [9.17, 15) is 59.4 Å². The van der Waals surface area contributed by atoms with Gasteiger partial charge in [-0.1, -0.05) is 6.92 Å². The van der Waals surface area contributed by atoms with E-state index in [0.717, 1.165) is 0 Å². The van der Waals surface area contributed by atoms with Gasteiger partial charge >= 0.3 is 18.2 Å². The standard InChI is InChI=1S/C45H44N8O16S/c1-25-38-37(26(2)54)42(56)50(38)39(43(57)66-21-27-3-9-30(10-4-27)51(60)61)40(25)70-34-17-35(49(20-34)44(58)67-22-28-5-11-31(12-6-28)52(62)63)41(55)47-15-16-48-33(19-47)18-46-36(48)24-69-45(59)68-23-29-7-13-32(14-8-29)53(64)65/h3-14,18,25-26,34-35,37-38,54H,15-17,19-24H2,1-2H3/t25-,26-,34+,35+,37-,38-/m1/s1. The van der Waals surface area contributed by atoms with E-state index in [1.165, 1.54) is 107 Å². The predicted molar refractivity (Wildman–Crippen MR) is 240 cm³/mol. The van der Waals surface area contributed by atoms with E-state index in [1.54, 1.807) is 9.47 Å². The number of thioether (sulfide) groups is 1. The smallest absolute Gasteiger partial charge is 0.456 e. The number of aliphatic hydroxyl groups is 1. The SMILES string of the molecule is C[C@@H](O)[C@H]1C(=O)N2C(C(=O)OCc3ccc([N+](=O)[O-])cc3)=C(S[C@H]3C[C@@H](C(=O)N4CCn5c(cnc5COC(=O)OCc5ccc([N+](=O)[O-])cc5)C4)N(C(=O)OCc4ccc([N+](=O)[O-])cc4)C3)[C@H](C)[C@H]12. The molecule has 70 heavy (non-hydrogen) atoms. The van der Waals surface area contributed by atoms with Crippen molar-refractivity contribution in [1.29, 1.82) is 0 Å². The Bertz CT molecular complexity index is 2770. The Hall–Kier alpha value is -7.93. The maximum absolute atomic E-state index is 14.6. The van der Waals surface area contributed by atoms with Crippen LogP contribution < -0.4 is 0 Å². The van der Waals surface area contributed by atoms with Gasteiger partial charge in [0.15, 0.2) is 6.61 Å². The first-order valence-corrected chi connectivity index (χ1v) is 22.7. The molecular formula is C45H44N8O16S. The van der Waals surface area contributed by atoms with Crippen LogP contribution in [0, 0.1) is 42.2 Å². The van der Waals surface area contributed by atoms with Crippen LogP contribution in [0.15, 0.2) is 89.6 Å². The quantitative estimate of drug-likeness (QED) is 0.0500. The topological polar surface area (TPSA) is 299 Å². The molecule has 6 atom stereocenters. The van der Waals surface area contributed by atoms with Crippen LogP contribution in [-0.2, 0) is 72.8 Å². The van der Waals surface area contributed by atoms with Gasteiger partial charge in [-0.25, -0.2) is 19.4 Å². The number of nitro benzene ring substituents is 3. The summed E-state index contributed by atoms with van der Waals surface area (Å²) in [5.74, 6) is -2.63. The van der Waals surface area contributed by atoms with Gasteiger partial charge < -0.3 is 38.4 Å². The van der Waals surface area contributed by atoms with Crippen molar-refractivity contribution in [1.82, 2.24) is 24.3 Å². The van der Waals surface area contributed by atoms with Gasteiger partial charge in [0.1, 0.15) is 37.4 Å². The Kier molecular flexibility index (Phi) is 14.1. The Morgan fingerprint density at radius 3 is 1.86 bits per heavy atom. The van der Waals surface area contributed by atoms with E-state index in [1.807, 2.05) is 6.92 Å². The molecule has 1 N–H and O–H groups in total. The number of esters is 1. The number of aromatic nitrogens is 2. The highest BCUT2D eigenvalue weighted by atomic mass is 32.2. The Morgan fingerprint density at radius 1 is 0.786 bits per heavy atom. The van der Waals surface area contributed by atoms with Gasteiger partial charge in [-0.05, 0) is 66.4 Å². The lowest BCUT2D eigenvalue weighted by Crippen LogP contribution is -2.63. The molecule has 4 aliphatic heterocycles. The molecule has 0 saturated carbocycles. The molecule has 2 saturated heterocycles. The maximum atomic E-state index is 14.6. The summed E-state index contributed by atoms with van der Waals surface area (Å²) in [6.45, 7) is 2.78. The van der Waals surface area contributed by atoms with Crippen LogP contribution in [0.5, 0.6) is 0 Å². The number of β-lactam (4-membered cyclic amide) rings is 1. The number of carbonyl (C=O) groups is 5. The number of aliphatic hydroxyl groups excluding tert-OH is 1. The molecule has 0 spiro atoms. The number of fused-ring (bicyclic) bond motifs is 2. The molecule has 366 valence electrons. The van der Waals surface area contributed by atoms with Crippen molar-refractivity contribution in [2.24, 2.45) is 11.8 Å². The molecule has 8 rings (SSSR count). The summed E-state index contributed by atoms with van der Waals surface area (Å²) >= 11 is 1.21. The number of likely N-dealkylation sites (tertiary alicyclic amines) is 1. The second kappa shape index (κ2) is 20.3. The molecule has 24 nitrogen and oxygen atoms in total. The average molecular weight is 985 g/mol. The van der Waals surface area contributed by atoms with Crippen molar-refractivity contribution < 1.29 is 62.8 Å². The lowest BCUT2D eigenvalue weighted by molar-refractivity contribution is -0.385. The number of amides is 3. The number of benzene rings is 3. The van der Waals surface area contributed by atoms with E-state index in [-0.39, 0.29) is 81.8 Å². The monoisotopic (exact) mass is 984 g/mol. The van der Waals surface area contributed by atoms with E-state index in [2.05, 4.69) is 4.98 Å². The van der Waals surface area contributed by atoms with E-state index in [0.29, 0.717) is 33.1 Å². The number of hydrogen-bond donors (Lipinski definition) is 1. The van der Waals surface area contributed by atoms with Crippen LogP contribution in [0.25, 0.3) is 0 Å². The molecule has 4 aliphatic rings. The van der Waals surface area contributed by atoms with Crippen molar-refractivity contribution in [3.63, 3.8) is 0 Å². The third-order valence-corrected chi connectivity index (χ3v) is 14.0. The summed E-state index contributed by atoms with van der Waals surface area (Å²) in [5, 5.41) is 43.3. The number of imidazole rings is 1. The van der Waals surface area contributed by atoms with Crippen LogP contribution >= 0.6 is 11.8 Å². The molecular weight excluding hydrogens is 941 g/mol. The summed E-state index contributed by atoms with van der Waals surface area (Å²) in [6.07, 6.45) is -1.25. The summed E-state index contributed by atoms with van der Waals surface area (Å²) in [4.78, 5) is 109. The van der Waals surface area contributed by atoms with Crippen LogP contribution in [0.1, 0.15) is 48.5 Å². The highest BCUT2D eigenvalue weighted by Gasteiger charge is 2.61. The van der Waals surface area contributed by atoms with E-state index in [4.69, 9.17) is 18.9 Å². The molecule has 3 aromatic carbocycles. The minimum atomic E-state index is -1.07. The van der Waals surface area contributed by atoms with Crippen LogP contribution in [0.2, 0.25) is 0 Å². The molecule has 0 aliphatic carbocycles. The first-order chi connectivity index (χ1) is 33.5. The fourth-order valence-electron chi connectivity index (χ4n) is 8.92. The number of nitro groups is 3. The fourth-order valence-corrected chi connectivity index (χ4v) is 10.4. The molecule has 0 radical (unpaired) electrons. The van der Waals surface area contributed by atoms with Crippen LogP contribution in [0.4, 0.5) is 26.7 Å². The van der Waals surface area contributed by atoms with E-state index >= 15 is 0 Å². The first-order valence-electron chi connectivity index (χ1n) is 21.8. The minimum absolute atomic E-state index is 0.0322. The molecule has 3 amide bonds. The average Bonchev–Trinajstić information content (AvgIpc) is 4.03. The van der Waals surface area contributed by atoms with Gasteiger partial charge in [-0.2, -0.15) is 0 Å². The summed E-state index contributed by atoms with van der Waals surface area (Å²) in [5.41, 5.74) is 1.58. The third-order valence-electron chi connectivity index (χ3n) is 12.5. The third kappa shape index (κ3) is 10.1. The summed E-state index contributed by atoms with van der Waals surface area (Å²) in [6, 6.07) is 14.7. The molecule has 0 unspecified atom stereocenters. The van der Waals surface area contributed by atoms with Gasteiger partial charge in [0.25, 0.3) is 17.1 Å². The van der Waals surface area contributed by atoms with Gasteiger partial charge in [-0.15, -0.1) is 11.8 Å². The number of ether oxygens (including phenoxy) is 4. The van der Waals surface area contributed by atoms with Gasteiger partial charge in [0.05, 0.1) is 51.3 Å². The number of rotatable bonds is 16. The molecule has 5 heterocycles. The Morgan fingerprint density at radius 2 is 1.31 bits per heavy atom. The number of nitrogens with zero attached hydrogens (tertiary/aromatic N) is 8. The van der Waals surface area contributed by atoms with Crippen molar-refractivity contribution >= 4 is 58.9 Å². The number of hydrogen-bond acceptors (Lipinski definition) is 18. The largest absolute Gasteiger partial charge is 0.509 e. The second-order valence-corrected chi connectivity index (χ2v) is 18.3. The zero-order chi connectivity index (χ0) is 50.0. The summed E-state index contributed by atoms with van der Waals surface area (Å²) < 4.78 is 23.5. The fraction of sp³-hybridized carbons (Fsp3) is 0.378. The Balaban J connectivity index is 0.975. The maximum Gasteiger partial charge on any atom is 0.509 e. The Labute approximate surface area is 401 Å². The molecule has 4 aromatic rings. The van der Waals surface area contributed by atoms with Crippen molar-refractivity contribution in [3.8, 4) is 0 Å². The lowest BCUT2D eigenvalue weighted by atomic mass is 9.79. The van der Waals surface area contributed by atoms with E-state index < -0.39 is 80.1 Å². The van der Waals surface area contributed by atoms with Crippen molar-refractivity contribution in [2.45, 2.75) is 83.2 Å². The summed E-state index contributed by atoms with van der Waals surface area (Å²) in [7, 11) is 0. The zero-order valence-electron chi connectivity index (χ0n) is 37.4. The zero-order valence-corrected chi connectivity index (χ0v) is 38.2. The molecule has 2 fully saturated rings. The minimum Gasteiger partial charge on any atom is -0.456 e. The highest BCUT2D eigenvalue weighted by molar-refractivity contribution is 8.03. The number of non-ortho nitro benzene ring substituents is 3. The van der Waals surface area contributed by atoms with Crippen molar-refractivity contribution in [2.75, 3.05) is 13.1 Å². The normalized spacial score (nSPS) is 20.8.